The van der Waals surface area contributed by atoms with E-state index in [2.05, 4.69) is 15.5 Å². The number of phenolic OH excluding ortho intramolecular Hbond substituents is 1. The summed E-state index contributed by atoms with van der Waals surface area (Å²) in [5.74, 6) is -0.0350. The lowest BCUT2D eigenvalue weighted by atomic mass is 10.0. The molecule has 0 bridgehead atoms. The summed E-state index contributed by atoms with van der Waals surface area (Å²) < 4.78 is 14.5. The molecule has 2 aliphatic rings. The third kappa shape index (κ3) is 5.71. The van der Waals surface area contributed by atoms with Crippen LogP contribution in [-0.2, 0) is 16.1 Å². The Balaban J connectivity index is 1.12. The zero-order valence-electron chi connectivity index (χ0n) is 23.8. The molecule has 2 N–H and O–H groups in total. The maximum atomic E-state index is 13.0. The van der Waals surface area contributed by atoms with Gasteiger partial charge in [0.15, 0.2) is 6.29 Å². The Morgan fingerprint density at radius 2 is 1.44 bits per heavy atom. The van der Waals surface area contributed by atoms with Crippen molar-refractivity contribution >= 4 is 29.3 Å². The zero-order chi connectivity index (χ0) is 30.9. The molecule has 4 aromatic carbocycles. The molecule has 3 unspecified atom stereocenters. The lowest BCUT2D eigenvalue weighted by Crippen LogP contribution is -2.31. The van der Waals surface area contributed by atoms with Crippen molar-refractivity contribution in [2.24, 2.45) is 0 Å². The number of benzene rings is 4. The van der Waals surface area contributed by atoms with Gasteiger partial charge in [-0.3, -0.25) is 9.59 Å². The number of ether oxygens (including phenoxy) is 2. The minimum absolute atomic E-state index is 0.0496. The quantitative estimate of drug-likeness (QED) is 0.180. The SMILES string of the molecule is O=C1c2ccccc2C(=O)N1c1ccc(C2OC(CSc3nnnn3-c3ccc(O)cc3)CC(c3ccc(CO)cc3)O2)cc1. The average molecular weight is 622 g/mol. The van der Waals surface area contributed by atoms with E-state index in [1.807, 2.05) is 24.3 Å². The lowest BCUT2D eigenvalue weighted by molar-refractivity contribution is -0.245. The highest BCUT2D eigenvalue weighted by molar-refractivity contribution is 7.99. The number of hydrogen-bond acceptors (Lipinski definition) is 10. The summed E-state index contributed by atoms with van der Waals surface area (Å²) in [7, 11) is 0. The molecule has 0 aliphatic carbocycles. The number of fused-ring (bicyclic) bond motifs is 1. The van der Waals surface area contributed by atoms with E-state index in [-0.39, 0.29) is 36.4 Å². The number of nitrogens with zero attached hydrogens (tertiary/aromatic N) is 5. The maximum absolute atomic E-state index is 13.0. The molecule has 1 fully saturated rings. The van der Waals surface area contributed by atoms with Crippen LogP contribution in [0.2, 0.25) is 0 Å². The molecule has 2 aliphatic heterocycles. The minimum atomic E-state index is -0.726. The predicted molar refractivity (Wildman–Crippen MR) is 164 cm³/mol. The summed E-state index contributed by atoms with van der Waals surface area (Å²) in [5, 5.41) is 31.8. The van der Waals surface area contributed by atoms with Crippen LogP contribution >= 0.6 is 11.8 Å². The standard InChI is InChI=1S/C33H27N5O6S/c39-18-20-5-7-21(8-6-20)29-17-26(19-45-33-34-35-36-38(33)24-13-15-25(40)16-14-24)43-32(44-29)22-9-11-23(12-10-22)37-30(41)27-3-1-2-4-28(27)31(37)42/h1-16,26,29,32,39-40H,17-19H2. The fraction of sp³-hybridized carbons (Fsp3) is 0.182. The van der Waals surface area contributed by atoms with E-state index < -0.39 is 6.29 Å². The third-order valence-corrected chi connectivity index (χ3v) is 8.82. The number of aromatic nitrogens is 4. The highest BCUT2D eigenvalue weighted by atomic mass is 32.2. The van der Waals surface area contributed by atoms with Crippen LogP contribution in [0.15, 0.2) is 102 Å². The Hall–Kier alpha value is -4.88. The van der Waals surface area contributed by atoms with Crippen LogP contribution in [0.4, 0.5) is 5.69 Å². The number of tetrazole rings is 1. The molecule has 7 rings (SSSR count). The second-order valence-corrected chi connectivity index (χ2v) is 11.6. The first-order valence-corrected chi connectivity index (χ1v) is 15.3. The highest BCUT2D eigenvalue weighted by Gasteiger charge is 2.37. The van der Waals surface area contributed by atoms with Crippen LogP contribution in [0.25, 0.3) is 5.69 Å². The largest absolute Gasteiger partial charge is 0.508 e. The van der Waals surface area contributed by atoms with Crippen LogP contribution in [0.3, 0.4) is 0 Å². The second kappa shape index (κ2) is 12.3. The molecule has 226 valence electrons. The van der Waals surface area contributed by atoms with Crippen molar-refractivity contribution in [1.82, 2.24) is 20.2 Å². The molecule has 5 aromatic rings. The van der Waals surface area contributed by atoms with Gasteiger partial charge in [0.25, 0.3) is 11.8 Å². The van der Waals surface area contributed by atoms with Crippen molar-refractivity contribution in [3.05, 3.63) is 125 Å². The number of phenols is 1. The van der Waals surface area contributed by atoms with E-state index in [0.29, 0.717) is 39.8 Å². The van der Waals surface area contributed by atoms with Gasteiger partial charge in [0.1, 0.15) is 5.75 Å². The maximum Gasteiger partial charge on any atom is 0.266 e. The third-order valence-electron chi connectivity index (χ3n) is 7.77. The van der Waals surface area contributed by atoms with E-state index in [1.165, 1.54) is 16.7 Å². The molecule has 11 nitrogen and oxygen atoms in total. The topological polar surface area (TPSA) is 140 Å². The van der Waals surface area contributed by atoms with Crippen molar-refractivity contribution in [3.63, 3.8) is 0 Å². The normalized spacial score (nSPS) is 19.6. The van der Waals surface area contributed by atoms with Crippen LogP contribution in [-0.4, -0.2) is 54.1 Å². The zero-order valence-corrected chi connectivity index (χ0v) is 24.6. The number of anilines is 1. The number of aliphatic hydroxyl groups excluding tert-OH is 1. The Kier molecular flexibility index (Phi) is 7.86. The molecule has 0 radical (unpaired) electrons. The van der Waals surface area contributed by atoms with E-state index in [9.17, 15) is 19.8 Å². The van der Waals surface area contributed by atoms with Gasteiger partial charge in [-0.15, -0.1) is 5.10 Å². The average Bonchev–Trinajstić information content (AvgIpc) is 3.66. The van der Waals surface area contributed by atoms with Crippen molar-refractivity contribution in [3.8, 4) is 11.4 Å². The Labute approximate surface area is 262 Å². The molecular formula is C33H27N5O6S. The number of amides is 2. The number of carbonyl (C=O) groups is 2. The number of hydrogen-bond donors (Lipinski definition) is 2. The Morgan fingerprint density at radius 3 is 2.11 bits per heavy atom. The first kappa shape index (κ1) is 28.9. The van der Waals surface area contributed by atoms with E-state index in [1.54, 1.807) is 77.5 Å². The molecule has 3 atom stereocenters. The van der Waals surface area contributed by atoms with Crippen LogP contribution in [0.1, 0.15) is 56.2 Å². The van der Waals surface area contributed by atoms with E-state index in [4.69, 9.17) is 9.47 Å². The molecule has 1 saturated heterocycles. The van der Waals surface area contributed by atoms with Gasteiger partial charge >= 0.3 is 0 Å². The predicted octanol–water partition coefficient (Wildman–Crippen LogP) is 5.00. The van der Waals surface area contributed by atoms with Crippen LogP contribution < -0.4 is 4.90 Å². The van der Waals surface area contributed by atoms with E-state index in [0.717, 1.165) is 16.7 Å². The number of thioether (sulfide) groups is 1. The van der Waals surface area contributed by atoms with Gasteiger partial charge in [0, 0.05) is 17.7 Å². The molecular weight excluding hydrogens is 594 g/mol. The van der Waals surface area contributed by atoms with Crippen molar-refractivity contribution in [1.29, 1.82) is 0 Å². The summed E-state index contributed by atoms with van der Waals surface area (Å²) in [6.45, 7) is -0.0496. The van der Waals surface area contributed by atoms with Crippen molar-refractivity contribution in [2.45, 2.75) is 36.7 Å². The number of imide groups is 1. The molecule has 2 amide bonds. The highest BCUT2D eigenvalue weighted by Crippen LogP contribution is 2.40. The van der Waals surface area contributed by atoms with Gasteiger partial charge in [-0.1, -0.05) is 60.3 Å². The molecule has 45 heavy (non-hydrogen) atoms. The first-order chi connectivity index (χ1) is 22.0. The van der Waals surface area contributed by atoms with Gasteiger partial charge < -0.3 is 19.7 Å². The molecule has 1 aromatic heterocycles. The smallest absolute Gasteiger partial charge is 0.266 e. The lowest BCUT2D eigenvalue weighted by Gasteiger charge is -2.36. The monoisotopic (exact) mass is 621 g/mol. The Bertz CT molecular complexity index is 1810. The number of aromatic hydroxyl groups is 1. The van der Waals surface area contributed by atoms with Gasteiger partial charge in [-0.25, -0.2) is 4.90 Å². The molecule has 0 saturated carbocycles. The summed E-state index contributed by atoms with van der Waals surface area (Å²) >= 11 is 1.44. The summed E-state index contributed by atoms with van der Waals surface area (Å²) in [4.78, 5) is 27.2. The van der Waals surface area contributed by atoms with Gasteiger partial charge in [0.2, 0.25) is 5.16 Å². The fourth-order valence-electron chi connectivity index (χ4n) is 5.42. The van der Waals surface area contributed by atoms with Gasteiger partial charge in [-0.2, -0.15) is 4.68 Å². The van der Waals surface area contributed by atoms with Crippen molar-refractivity contribution < 1.29 is 29.3 Å². The Morgan fingerprint density at radius 1 is 0.800 bits per heavy atom. The molecule has 12 heteroatoms. The van der Waals surface area contributed by atoms with Gasteiger partial charge in [0.05, 0.1) is 41.3 Å². The van der Waals surface area contributed by atoms with E-state index >= 15 is 0 Å². The summed E-state index contributed by atoms with van der Waals surface area (Å²) in [5.41, 5.74) is 4.44. The summed E-state index contributed by atoms with van der Waals surface area (Å²) in [6.07, 6.45) is -0.713. The fourth-order valence-corrected chi connectivity index (χ4v) is 6.33. The second-order valence-electron chi connectivity index (χ2n) is 10.6. The molecule has 3 heterocycles. The van der Waals surface area contributed by atoms with Crippen LogP contribution in [0.5, 0.6) is 5.75 Å². The minimum Gasteiger partial charge on any atom is -0.508 e. The molecule has 0 spiro atoms. The number of aliphatic hydroxyl groups is 1. The number of rotatable bonds is 8. The first-order valence-electron chi connectivity index (χ1n) is 14.3. The number of carbonyl (C=O) groups excluding carboxylic acids is 2. The van der Waals surface area contributed by atoms with Crippen molar-refractivity contribution in [2.75, 3.05) is 10.7 Å². The van der Waals surface area contributed by atoms with Crippen LogP contribution in [0, 0.1) is 0 Å². The van der Waals surface area contributed by atoms with Gasteiger partial charge in [-0.05, 0) is 70.1 Å². The summed E-state index contributed by atoms with van der Waals surface area (Å²) in [6, 6.07) is 28.1.